The van der Waals surface area contributed by atoms with Crippen molar-refractivity contribution in [2.75, 3.05) is 7.11 Å². The largest absolute Gasteiger partial charge is 0.497 e. The second kappa shape index (κ2) is 4.85. The summed E-state index contributed by atoms with van der Waals surface area (Å²) in [6, 6.07) is 7.78. The second-order valence-corrected chi connectivity index (χ2v) is 5.55. The number of methoxy groups -OCH3 is 1. The molecule has 2 fully saturated rings. The molecule has 0 spiro atoms. The van der Waals surface area contributed by atoms with Crippen LogP contribution in [0.5, 0.6) is 5.75 Å². The fraction of sp³-hybridized carbons (Fsp3) is 0.438. The molecule has 0 heterocycles. The summed E-state index contributed by atoms with van der Waals surface area (Å²) in [4.78, 5) is 35.0. The van der Waals surface area contributed by atoms with Gasteiger partial charge in [-0.2, -0.15) is 0 Å². The van der Waals surface area contributed by atoms with Gasteiger partial charge in [0, 0.05) is 11.8 Å². The minimum Gasteiger partial charge on any atom is -0.497 e. The van der Waals surface area contributed by atoms with Gasteiger partial charge in [-0.15, -0.1) is 0 Å². The fourth-order valence-electron chi connectivity index (χ4n) is 3.41. The molecule has 2 saturated carbocycles. The molecule has 104 valence electrons. The van der Waals surface area contributed by atoms with E-state index in [0.717, 1.165) is 17.7 Å². The van der Waals surface area contributed by atoms with Gasteiger partial charge in [0.15, 0.2) is 0 Å². The molecule has 0 bridgehead atoms. The average Bonchev–Trinajstić information content (AvgIpc) is 2.72. The number of ketones is 3. The summed E-state index contributed by atoms with van der Waals surface area (Å²) in [7, 11) is 1.62. The molecule has 4 heteroatoms. The Morgan fingerprint density at radius 3 is 2.25 bits per heavy atom. The van der Waals surface area contributed by atoms with Gasteiger partial charge in [0.05, 0.1) is 7.11 Å². The lowest BCUT2D eigenvalue weighted by atomic mass is 9.73. The Balaban J connectivity index is 1.80. The Hall–Kier alpha value is -1.97. The topological polar surface area (TPSA) is 60.4 Å². The Kier molecular flexibility index (Phi) is 3.16. The first kappa shape index (κ1) is 13.0. The molecule has 0 aliphatic heterocycles. The maximum absolute atomic E-state index is 11.8. The summed E-state index contributed by atoms with van der Waals surface area (Å²) >= 11 is 0. The number of fused-ring (bicyclic) bond motifs is 1. The highest BCUT2D eigenvalue weighted by molar-refractivity contribution is 6.68. The van der Waals surface area contributed by atoms with E-state index in [1.807, 2.05) is 24.3 Å². The zero-order chi connectivity index (χ0) is 14.3. The molecule has 2 aliphatic carbocycles. The molecule has 0 aromatic heterocycles. The van der Waals surface area contributed by atoms with Gasteiger partial charge in [-0.3, -0.25) is 14.4 Å². The number of carbonyl (C=O) groups is 3. The zero-order valence-corrected chi connectivity index (χ0v) is 11.3. The molecule has 3 rings (SSSR count). The van der Waals surface area contributed by atoms with E-state index in [1.165, 1.54) is 0 Å². The number of hydrogen-bond donors (Lipinski definition) is 0. The highest BCUT2D eigenvalue weighted by Crippen LogP contribution is 2.43. The first-order chi connectivity index (χ1) is 9.61. The predicted octanol–water partition coefficient (Wildman–Crippen LogP) is 1.92. The highest BCUT2D eigenvalue weighted by atomic mass is 16.5. The third-order valence-corrected chi connectivity index (χ3v) is 4.56. The lowest BCUT2D eigenvalue weighted by Crippen LogP contribution is -2.26. The van der Waals surface area contributed by atoms with E-state index >= 15 is 0 Å². The summed E-state index contributed by atoms with van der Waals surface area (Å²) in [6.07, 6.45) is 2.09. The van der Waals surface area contributed by atoms with Crippen molar-refractivity contribution in [2.45, 2.75) is 25.2 Å². The number of hydrogen-bond acceptors (Lipinski definition) is 4. The van der Waals surface area contributed by atoms with E-state index in [-0.39, 0.29) is 11.8 Å². The van der Waals surface area contributed by atoms with E-state index in [0.29, 0.717) is 12.8 Å². The first-order valence-electron chi connectivity index (χ1n) is 6.88. The summed E-state index contributed by atoms with van der Waals surface area (Å²) in [5.74, 6) is -1.43. The number of ether oxygens (including phenoxy) is 1. The monoisotopic (exact) mass is 272 g/mol. The Labute approximate surface area is 117 Å². The summed E-state index contributed by atoms with van der Waals surface area (Å²) < 4.78 is 5.13. The van der Waals surface area contributed by atoms with Crippen LogP contribution < -0.4 is 4.74 Å². The van der Waals surface area contributed by atoms with E-state index < -0.39 is 23.3 Å². The van der Waals surface area contributed by atoms with Crippen molar-refractivity contribution in [3.8, 4) is 5.75 Å². The molecular formula is C16H16O4. The molecule has 3 atom stereocenters. The van der Waals surface area contributed by atoms with Crippen LogP contribution in [0.1, 0.15) is 30.7 Å². The van der Waals surface area contributed by atoms with Gasteiger partial charge in [0.25, 0.3) is 5.78 Å². The minimum atomic E-state index is -0.782. The molecule has 0 amide bonds. The minimum absolute atomic E-state index is 0.241. The normalized spacial score (nSPS) is 29.4. The first-order valence-corrected chi connectivity index (χ1v) is 6.88. The van der Waals surface area contributed by atoms with E-state index in [4.69, 9.17) is 4.74 Å². The van der Waals surface area contributed by atoms with Crippen LogP contribution >= 0.6 is 0 Å². The smallest absolute Gasteiger partial charge is 0.264 e. The highest BCUT2D eigenvalue weighted by Gasteiger charge is 2.50. The van der Waals surface area contributed by atoms with Crippen LogP contribution in [0.2, 0.25) is 0 Å². The molecule has 0 radical (unpaired) electrons. The molecular weight excluding hydrogens is 256 g/mol. The SMILES string of the molecule is COc1ccc(C2CCC3C(=O)C(=O)C(=O)C3C2)cc1. The lowest BCUT2D eigenvalue weighted by molar-refractivity contribution is -0.141. The standard InChI is InChI=1S/C16H16O4/c1-20-11-5-2-9(3-6-11)10-4-7-12-13(8-10)15(18)16(19)14(12)17/h2-3,5-6,10,12-13H,4,7-8H2,1H3. The zero-order valence-electron chi connectivity index (χ0n) is 11.3. The van der Waals surface area contributed by atoms with Gasteiger partial charge < -0.3 is 4.74 Å². The van der Waals surface area contributed by atoms with Crippen LogP contribution in [0.25, 0.3) is 0 Å². The Morgan fingerprint density at radius 1 is 0.950 bits per heavy atom. The third kappa shape index (κ3) is 1.96. The maximum Gasteiger partial charge on any atom is 0.264 e. The van der Waals surface area contributed by atoms with Crippen LogP contribution in [0, 0.1) is 11.8 Å². The van der Waals surface area contributed by atoms with Crippen LogP contribution in [0.15, 0.2) is 24.3 Å². The summed E-state index contributed by atoms with van der Waals surface area (Å²) in [5.41, 5.74) is 1.14. The van der Waals surface area contributed by atoms with Gasteiger partial charge in [0.1, 0.15) is 5.75 Å². The van der Waals surface area contributed by atoms with Crippen molar-refractivity contribution in [3.05, 3.63) is 29.8 Å². The van der Waals surface area contributed by atoms with E-state index in [1.54, 1.807) is 7.11 Å². The molecule has 3 unspecified atom stereocenters. The van der Waals surface area contributed by atoms with E-state index in [2.05, 4.69) is 0 Å². The van der Waals surface area contributed by atoms with Crippen LogP contribution in [-0.4, -0.2) is 24.5 Å². The van der Waals surface area contributed by atoms with Crippen molar-refractivity contribution < 1.29 is 19.1 Å². The summed E-state index contributed by atoms with van der Waals surface area (Å²) in [5, 5.41) is 0. The van der Waals surface area contributed by atoms with Crippen molar-refractivity contribution >= 4 is 17.3 Å². The Bertz CT molecular complexity index is 573. The fourth-order valence-corrected chi connectivity index (χ4v) is 3.41. The number of benzene rings is 1. The lowest BCUT2D eigenvalue weighted by Gasteiger charge is -2.29. The van der Waals surface area contributed by atoms with Gasteiger partial charge in [-0.05, 0) is 42.9 Å². The van der Waals surface area contributed by atoms with Gasteiger partial charge in [-0.25, -0.2) is 0 Å². The Morgan fingerprint density at radius 2 is 1.60 bits per heavy atom. The van der Waals surface area contributed by atoms with Gasteiger partial charge in [-0.1, -0.05) is 12.1 Å². The van der Waals surface area contributed by atoms with Gasteiger partial charge >= 0.3 is 0 Å². The predicted molar refractivity (Wildman–Crippen MR) is 71.6 cm³/mol. The molecule has 0 saturated heterocycles. The maximum atomic E-state index is 11.8. The molecule has 1 aromatic rings. The van der Waals surface area contributed by atoms with Gasteiger partial charge in [0.2, 0.25) is 11.6 Å². The van der Waals surface area contributed by atoms with Crippen molar-refractivity contribution in [1.29, 1.82) is 0 Å². The molecule has 2 aliphatic rings. The van der Waals surface area contributed by atoms with Crippen molar-refractivity contribution in [2.24, 2.45) is 11.8 Å². The molecule has 20 heavy (non-hydrogen) atoms. The average molecular weight is 272 g/mol. The molecule has 0 N–H and O–H groups in total. The van der Waals surface area contributed by atoms with Crippen LogP contribution in [0.4, 0.5) is 0 Å². The van der Waals surface area contributed by atoms with Crippen molar-refractivity contribution in [1.82, 2.24) is 0 Å². The number of rotatable bonds is 2. The third-order valence-electron chi connectivity index (χ3n) is 4.56. The summed E-state index contributed by atoms with van der Waals surface area (Å²) in [6.45, 7) is 0. The van der Waals surface area contributed by atoms with Crippen LogP contribution in [-0.2, 0) is 14.4 Å². The molecule has 1 aromatic carbocycles. The second-order valence-electron chi connectivity index (χ2n) is 5.55. The van der Waals surface area contributed by atoms with E-state index in [9.17, 15) is 14.4 Å². The quantitative estimate of drug-likeness (QED) is 0.772. The van der Waals surface area contributed by atoms with Crippen molar-refractivity contribution in [3.63, 3.8) is 0 Å². The number of Topliss-reactive ketones (excluding diaryl/α,β-unsaturated/α-hetero) is 3. The molecule has 4 nitrogen and oxygen atoms in total. The van der Waals surface area contributed by atoms with Crippen LogP contribution in [0.3, 0.4) is 0 Å². The number of carbonyl (C=O) groups excluding carboxylic acids is 3.